The lowest BCUT2D eigenvalue weighted by atomic mass is 9.94. The molecule has 1 fully saturated rings. The number of piperidine rings is 1. The number of fused-ring (bicyclic) bond motifs is 2. The Morgan fingerprint density at radius 3 is 2.74 bits per heavy atom. The summed E-state index contributed by atoms with van der Waals surface area (Å²) in [5.74, 6) is 0.539. The molecule has 3 aromatic heterocycles. The van der Waals surface area contributed by atoms with Crippen LogP contribution in [0.1, 0.15) is 24.5 Å². The highest BCUT2D eigenvalue weighted by Gasteiger charge is 2.31. The maximum atomic E-state index is 12.5. The van der Waals surface area contributed by atoms with Crippen molar-refractivity contribution in [3.63, 3.8) is 0 Å². The molecule has 0 aliphatic carbocycles. The minimum atomic E-state index is -3.33. The standard InChI is InChI=1S/C23H25BrN6O3S/c1-33-10-11-34(31,32)29-8-6-15(7-9-29)21-20(24)22(25)30-23(28-21)18(14-27-30)17-12-16-4-2-3-5-19(16)26-13-17/h2-5,12-15H,6-11,25H2,1H3. The Labute approximate surface area is 206 Å². The van der Waals surface area contributed by atoms with Crippen LogP contribution in [0.25, 0.3) is 27.7 Å². The van der Waals surface area contributed by atoms with Gasteiger partial charge in [-0.1, -0.05) is 18.2 Å². The lowest BCUT2D eigenvalue weighted by Crippen LogP contribution is -2.40. The van der Waals surface area contributed by atoms with Crippen molar-refractivity contribution in [3.8, 4) is 11.1 Å². The van der Waals surface area contributed by atoms with Crippen molar-refractivity contribution in [2.45, 2.75) is 18.8 Å². The number of benzene rings is 1. The van der Waals surface area contributed by atoms with E-state index in [-0.39, 0.29) is 18.3 Å². The average Bonchev–Trinajstić information content (AvgIpc) is 3.29. The van der Waals surface area contributed by atoms with Crippen LogP contribution in [-0.2, 0) is 14.8 Å². The van der Waals surface area contributed by atoms with Crippen LogP contribution in [-0.4, -0.2) is 64.9 Å². The Kier molecular flexibility index (Phi) is 6.28. The van der Waals surface area contributed by atoms with Crippen LogP contribution in [0.4, 0.5) is 5.82 Å². The summed E-state index contributed by atoms with van der Waals surface area (Å²) >= 11 is 3.61. The molecule has 1 aliphatic rings. The van der Waals surface area contributed by atoms with E-state index in [9.17, 15) is 8.42 Å². The number of aromatic nitrogens is 4. The van der Waals surface area contributed by atoms with Crippen LogP contribution in [0.2, 0.25) is 0 Å². The van der Waals surface area contributed by atoms with Crippen LogP contribution >= 0.6 is 15.9 Å². The van der Waals surface area contributed by atoms with E-state index in [1.807, 2.05) is 30.5 Å². The number of hydrogen-bond donors (Lipinski definition) is 1. The molecular formula is C23H25BrN6O3S. The number of nitrogens with two attached hydrogens (primary N) is 1. The van der Waals surface area contributed by atoms with E-state index in [0.717, 1.165) is 27.7 Å². The molecule has 4 aromatic rings. The Balaban J connectivity index is 1.48. The molecule has 11 heteroatoms. The summed E-state index contributed by atoms with van der Waals surface area (Å²) in [6.45, 7) is 1.07. The van der Waals surface area contributed by atoms with Crippen LogP contribution in [0.15, 0.2) is 47.2 Å². The third-order valence-electron chi connectivity index (χ3n) is 6.33. The number of rotatable bonds is 6. The zero-order valence-electron chi connectivity index (χ0n) is 18.7. The van der Waals surface area contributed by atoms with E-state index in [1.165, 1.54) is 7.11 Å². The fourth-order valence-electron chi connectivity index (χ4n) is 4.43. The number of halogens is 1. The van der Waals surface area contributed by atoms with Gasteiger partial charge in [0.25, 0.3) is 0 Å². The summed E-state index contributed by atoms with van der Waals surface area (Å²) in [4.78, 5) is 9.54. The van der Waals surface area contributed by atoms with Gasteiger partial charge in [0.05, 0.1) is 34.2 Å². The second kappa shape index (κ2) is 9.21. The molecule has 0 radical (unpaired) electrons. The molecule has 0 amide bonds. The van der Waals surface area contributed by atoms with Gasteiger partial charge in [0.2, 0.25) is 10.0 Å². The van der Waals surface area contributed by atoms with E-state index < -0.39 is 10.0 Å². The SMILES string of the molecule is COCCS(=O)(=O)N1CCC(c2nc3c(-c4cnc5ccccc5c4)cnn3c(N)c2Br)CC1. The average molecular weight is 545 g/mol. The van der Waals surface area contributed by atoms with E-state index in [2.05, 4.69) is 32.1 Å². The number of para-hydroxylation sites is 1. The minimum absolute atomic E-state index is 0.00596. The monoisotopic (exact) mass is 544 g/mol. The number of hydrogen-bond acceptors (Lipinski definition) is 7. The Hall–Kier alpha value is -2.60. The van der Waals surface area contributed by atoms with E-state index in [4.69, 9.17) is 15.5 Å². The second-order valence-corrected chi connectivity index (χ2v) is 11.3. The largest absolute Gasteiger partial charge is 0.384 e. The van der Waals surface area contributed by atoms with E-state index >= 15 is 0 Å². The zero-order chi connectivity index (χ0) is 23.9. The zero-order valence-corrected chi connectivity index (χ0v) is 21.1. The van der Waals surface area contributed by atoms with Gasteiger partial charge in [-0.2, -0.15) is 9.61 Å². The molecule has 0 saturated carbocycles. The first kappa shape index (κ1) is 23.2. The normalized spacial score (nSPS) is 15.9. The maximum Gasteiger partial charge on any atom is 0.216 e. The fourth-order valence-corrected chi connectivity index (χ4v) is 6.41. The van der Waals surface area contributed by atoms with E-state index in [1.54, 1.807) is 15.0 Å². The molecule has 1 aliphatic heterocycles. The van der Waals surface area contributed by atoms with Crippen molar-refractivity contribution in [1.82, 2.24) is 23.9 Å². The van der Waals surface area contributed by atoms with Crippen LogP contribution < -0.4 is 5.73 Å². The first-order valence-corrected chi connectivity index (χ1v) is 13.4. The van der Waals surface area contributed by atoms with Gasteiger partial charge in [-0.15, -0.1) is 0 Å². The lowest BCUT2D eigenvalue weighted by Gasteiger charge is -2.31. The highest BCUT2D eigenvalue weighted by molar-refractivity contribution is 9.10. The molecule has 1 saturated heterocycles. The first-order chi connectivity index (χ1) is 16.4. The quantitative estimate of drug-likeness (QED) is 0.395. The minimum Gasteiger partial charge on any atom is -0.384 e. The third kappa shape index (κ3) is 4.17. The van der Waals surface area contributed by atoms with Gasteiger partial charge in [0.15, 0.2) is 5.65 Å². The molecule has 0 unspecified atom stereocenters. The Morgan fingerprint density at radius 2 is 1.97 bits per heavy atom. The van der Waals surface area contributed by atoms with Gasteiger partial charge in [0.1, 0.15) is 5.82 Å². The predicted octanol–water partition coefficient (Wildman–Crippen LogP) is 3.44. The third-order valence-corrected chi connectivity index (χ3v) is 8.98. The van der Waals surface area contributed by atoms with Gasteiger partial charge in [-0.3, -0.25) is 4.98 Å². The molecule has 0 atom stereocenters. The summed E-state index contributed by atoms with van der Waals surface area (Å²) < 4.78 is 33.9. The fraction of sp³-hybridized carbons (Fsp3) is 0.348. The summed E-state index contributed by atoms with van der Waals surface area (Å²) in [5, 5.41) is 5.50. The van der Waals surface area contributed by atoms with Crippen molar-refractivity contribution in [1.29, 1.82) is 0 Å². The summed E-state index contributed by atoms with van der Waals surface area (Å²) in [6.07, 6.45) is 4.90. The number of nitrogens with zero attached hydrogens (tertiary/aromatic N) is 5. The topological polar surface area (TPSA) is 116 Å². The maximum absolute atomic E-state index is 12.5. The molecule has 9 nitrogen and oxygen atoms in total. The summed E-state index contributed by atoms with van der Waals surface area (Å²) in [5.41, 5.74) is 10.6. The van der Waals surface area contributed by atoms with Gasteiger partial charge >= 0.3 is 0 Å². The summed E-state index contributed by atoms with van der Waals surface area (Å²) in [6, 6.07) is 10.0. The number of sulfonamides is 1. The van der Waals surface area contributed by atoms with Crippen LogP contribution in [0.3, 0.4) is 0 Å². The van der Waals surface area contributed by atoms with Crippen LogP contribution in [0, 0.1) is 0 Å². The highest BCUT2D eigenvalue weighted by atomic mass is 79.9. The van der Waals surface area contributed by atoms with Crippen molar-refractivity contribution < 1.29 is 13.2 Å². The van der Waals surface area contributed by atoms with Gasteiger partial charge < -0.3 is 10.5 Å². The number of methoxy groups -OCH3 is 1. The Morgan fingerprint density at radius 1 is 1.21 bits per heavy atom. The highest BCUT2D eigenvalue weighted by Crippen LogP contribution is 2.37. The van der Waals surface area contributed by atoms with Gasteiger partial charge in [-0.25, -0.2) is 17.7 Å². The second-order valence-electron chi connectivity index (χ2n) is 8.39. The summed E-state index contributed by atoms with van der Waals surface area (Å²) in [7, 11) is -1.82. The molecule has 5 rings (SSSR count). The van der Waals surface area contributed by atoms with Crippen molar-refractivity contribution in [2.75, 3.05) is 38.3 Å². The molecule has 178 valence electrons. The lowest BCUT2D eigenvalue weighted by molar-refractivity contribution is 0.214. The van der Waals surface area contributed by atoms with Gasteiger partial charge in [-0.05, 0) is 40.9 Å². The smallest absolute Gasteiger partial charge is 0.216 e. The van der Waals surface area contributed by atoms with Crippen LogP contribution in [0.5, 0.6) is 0 Å². The first-order valence-electron chi connectivity index (χ1n) is 11.0. The van der Waals surface area contributed by atoms with Crippen molar-refractivity contribution in [3.05, 3.63) is 52.9 Å². The predicted molar refractivity (Wildman–Crippen MR) is 135 cm³/mol. The Bertz CT molecular complexity index is 1460. The van der Waals surface area contributed by atoms with Crippen molar-refractivity contribution in [2.24, 2.45) is 0 Å². The number of pyridine rings is 1. The van der Waals surface area contributed by atoms with E-state index in [0.29, 0.717) is 41.9 Å². The number of ether oxygens (including phenoxy) is 1. The molecule has 34 heavy (non-hydrogen) atoms. The molecule has 0 bridgehead atoms. The molecule has 1 aromatic carbocycles. The number of nitrogen functional groups attached to an aromatic ring is 1. The molecule has 2 N–H and O–H groups in total. The molecule has 4 heterocycles. The molecular weight excluding hydrogens is 520 g/mol. The van der Waals surface area contributed by atoms with Crippen molar-refractivity contribution >= 4 is 48.3 Å². The molecule has 0 spiro atoms. The number of anilines is 1. The van der Waals surface area contributed by atoms with Gasteiger partial charge in [0, 0.05) is 48.8 Å².